The minimum Gasteiger partial charge on any atom is -0.387 e. The number of nitrogens with zero attached hydrogens (tertiary/aromatic N) is 5. The van der Waals surface area contributed by atoms with E-state index in [2.05, 4.69) is 32.5 Å². The fourth-order valence-corrected chi connectivity index (χ4v) is 4.60. The Morgan fingerprint density at radius 1 is 1.32 bits per heavy atom. The molecule has 2 atom stereocenters. The van der Waals surface area contributed by atoms with Gasteiger partial charge in [-0.3, -0.25) is 4.79 Å². The number of pyridine rings is 2. The molecule has 0 aliphatic carbocycles. The van der Waals surface area contributed by atoms with Gasteiger partial charge in [-0.2, -0.15) is 5.10 Å². The maximum atomic E-state index is 14.5. The zero-order valence-corrected chi connectivity index (χ0v) is 19.4. The maximum absolute atomic E-state index is 14.5. The van der Waals surface area contributed by atoms with Crippen molar-refractivity contribution in [2.24, 2.45) is 0 Å². The number of rotatable bonds is 6. The molecular weight excluding hydrogens is 437 g/mol. The van der Waals surface area contributed by atoms with Crippen LogP contribution in [0.3, 0.4) is 0 Å². The fraction of sp³-hybridized carbons (Fsp3) is 0.375. The molecule has 1 saturated heterocycles. The number of likely N-dealkylation sites (N-methyl/N-ethyl adjacent to an activating group) is 1. The fourth-order valence-electron chi connectivity index (χ4n) is 4.60. The summed E-state index contributed by atoms with van der Waals surface area (Å²) < 4.78 is 17.6. The molecule has 9 nitrogen and oxygen atoms in total. The Kier molecular flexibility index (Phi) is 5.70. The van der Waals surface area contributed by atoms with Gasteiger partial charge in [0.15, 0.2) is 11.5 Å². The number of carbonyl (C=O) groups excluding carboxylic acids is 1. The molecule has 2 unspecified atom stereocenters. The van der Waals surface area contributed by atoms with Gasteiger partial charge in [-0.1, -0.05) is 6.92 Å². The predicted molar refractivity (Wildman–Crippen MR) is 128 cm³/mol. The lowest BCUT2D eigenvalue weighted by Gasteiger charge is -2.20. The van der Waals surface area contributed by atoms with Gasteiger partial charge in [-0.05, 0) is 45.0 Å². The van der Waals surface area contributed by atoms with Crippen LogP contribution in [0.25, 0.3) is 11.2 Å². The first kappa shape index (κ1) is 22.3. The van der Waals surface area contributed by atoms with Crippen LogP contribution in [0.1, 0.15) is 48.2 Å². The van der Waals surface area contributed by atoms with Crippen LogP contribution in [-0.2, 0) is 0 Å². The van der Waals surface area contributed by atoms with Crippen molar-refractivity contribution in [1.29, 1.82) is 0 Å². The third-order valence-corrected chi connectivity index (χ3v) is 6.18. The smallest absolute Gasteiger partial charge is 0.274 e. The molecule has 4 aromatic heterocycles. The summed E-state index contributed by atoms with van der Waals surface area (Å²) in [6, 6.07) is 7.10. The highest BCUT2D eigenvalue weighted by Crippen LogP contribution is 2.29. The zero-order valence-electron chi connectivity index (χ0n) is 19.4. The standard InChI is InChI=1S/C24H28FN7O2/c1-4-26-16-7-8-30(12-16)20-5-6-21(32-22(20)10-19(29-32)15(3)33)24(34)28-17-9-18(25)23-27-14(2)11-31(23)13-17/h5-6,9-11,13,15-16,26,33H,4,7-8,12H2,1-3H3,(H,28,34). The topological polar surface area (TPSA) is 99.2 Å². The van der Waals surface area contributed by atoms with Crippen LogP contribution in [-0.4, -0.2) is 55.7 Å². The molecular formula is C24H28FN7O2. The number of anilines is 2. The molecule has 178 valence electrons. The molecule has 0 saturated carbocycles. The highest BCUT2D eigenvalue weighted by atomic mass is 19.1. The number of aliphatic hydroxyl groups is 1. The molecule has 1 aliphatic rings. The molecule has 1 aliphatic heterocycles. The largest absolute Gasteiger partial charge is 0.387 e. The number of fused-ring (bicyclic) bond motifs is 2. The first-order chi connectivity index (χ1) is 16.3. The van der Waals surface area contributed by atoms with E-state index >= 15 is 0 Å². The maximum Gasteiger partial charge on any atom is 0.274 e. The van der Waals surface area contributed by atoms with Gasteiger partial charge in [-0.25, -0.2) is 13.9 Å². The third kappa shape index (κ3) is 3.99. The number of halogens is 1. The van der Waals surface area contributed by atoms with Crippen LogP contribution in [0.15, 0.2) is 36.7 Å². The first-order valence-corrected chi connectivity index (χ1v) is 11.5. The molecule has 5 heterocycles. The van der Waals surface area contributed by atoms with Gasteiger partial charge in [0.25, 0.3) is 5.91 Å². The van der Waals surface area contributed by atoms with Crippen LogP contribution in [0, 0.1) is 12.7 Å². The van der Waals surface area contributed by atoms with E-state index in [4.69, 9.17) is 0 Å². The number of aryl methyl sites for hydroxylation is 1. The lowest BCUT2D eigenvalue weighted by Crippen LogP contribution is -2.32. The van der Waals surface area contributed by atoms with Gasteiger partial charge in [0.2, 0.25) is 0 Å². The minimum atomic E-state index is -0.780. The molecule has 1 amide bonds. The Morgan fingerprint density at radius 3 is 2.91 bits per heavy atom. The van der Waals surface area contributed by atoms with Crippen molar-refractivity contribution >= 4 is 28.4 Å². The quantitative estimate of drug-likeness (QED) is 0.405. The van der Waals surface area contributed by atoms with E-state index < -0.39 is 17.8 Å². The van der Waals surface area contributed by atoms with E-state index in [0.717, 1.165) is 37.3 Å². The summed E-state index contributed by atoms with van der Waals surface area (Å²) in [6.07, 6.45) is 3.57. The summed E-state index contributed by atoms with van der Waals surface area (Å²) in [5.41, 5.74) is 3.66. The Bertz CT molecular complexity index is 1380. The second-order valence-corrected chi connectivity index (χ2v) is 8.78. The average Bonchev–Trinajstić information content (AvgIpc) is 3.51. The van der Waals surface area contributed by atoms with Gasteiger partial charge >= 0.3 is 0 Å². The molecule has 34 heavy (non-hydrogen) atoms. The molecule has 10 heteroatoms. The summed E-state index contributed by atoms with van der Waals surface area (Å²) in [4.78, 5) is 19.6. The van der Waals surface area contributed by atoms with Crippen LogP contribution in [0.4, 0.5) is 15.8 Å². The number of imidazole rings is 1. The zero-order chi connectivity index (χ0) is 24.0. The number of aromatic nitrogens is 4. The van der Waals surface area contributed by atoms with E-state index in [1.807, 2.05) is 12.1 Å². The third-order valence-electron chi connectivity index (χ3n) is 6.18. The Hall–Kier alpha value is -3.50. The summed E-state index contributed by atoms with van der Waals surface area (Å²) >= 11 is 0. The average molecular weight is 466 g/mol. The second kappa shape index (κ2) is 8.69. The molecule has 0 radical (unpaired) electrons. The highest BCUT2D eigenvalue weighted by Gasteiger charge is 2.26. The van der Waals surface area contributed by atoms with Crippen LogP contribution < -0.4 is 15.5 Å². The summed E-state index contributed by atoms with van der Waals surface area (Å²) in [6.45, 7) is 8.17. The van der Waals surface area contributed by atoms with E-state index in [0.29, 0.717) is 23.1 Å². The van der Waals surface area contributed by atoms with Crippen LogP contribution >= 0.6 is 0 Å². The SMILES string of the molecule is CCNC1CCN(c2ccc(C(=O)Nc3cc(F)c4nc(C)cn4c3)n3nc(C(C)O)cc23)C1. The van der Waals surface area contributed by atoms with Gasteiger partial charge < -0.3 is 25.0 Å². The highest BCUT2D eigenvalue weighted by molar-refractivity contribution is 6.04. The summed E-state index contributed by atoms with van der Waals surface area (Å²) in [5, 5.41) is 20.9. The Morgan fingerprint density at radius 2 is 2.15 bits per heavy atom. The van der Waals surface area contributed by atoms with Crippen molar-refractivity contribution in [3.63, 3.8) is 0 Å². The van der Waals surface area contributed by atoms with Crippen molar-refractivity contribution in [3.05, 3.63) is 59.6 Å². The number of carbonyl (C=O) groups is 1. The summed E-state index contributed by atoms with van der Waals surface area (Å²) in [7, 11) is 0. The Labute approximate surface area is 196 Å². The predicted octanol–water partition coefficient (Wildman–Crippen LogP) is 2.92. The molecule has 0 spiro atoms. The van der Waals surface area contributed by atoms with Crippen molar-refractivity contribution in [1.82, 2.24) is 24.3 Å². The van der Waals surface area contributed by atoms with Gasteiger partial charge in [-0.15, -0.1) is 0 Å². The lowest BCUT2D eigenvalue weighted by molar-refractivity contribution is 0.101. The minimum absolute atomic E-state index is 0.206. The second-order valence-electron chi connectivity index (χ2n) is 8.78. The van der Waals surface area contributed by atoms with E-state index in [1.54, 1.807) is 41.2 Å². The monoisotopic (exact) mass is 465 g/mol. The molecule has 0 aromatic carbocycles. The molecule has 1 fully saturated rings. The van der Waals surface area contributed by atoms with Crippen molar-refractivity contribution in [2.45, 2.75) is 39.3 Å². The van der Waals surface area contributed by atoms with Crippen molar-refractivity contribution in [2.75, 3.05) is 29.9 Å². The number of amides is 1. The normalized spacial score (nSPS) is 17.1. The number of hydrogen-bond donors (Lipinski definition) is 3. The van der Waals surface area contributed by atoms with Gasteiger partial charge in [0.05, 0.1) is 34.4 Å². The molecule has 5 rings (SSSR count). The van der Waals surface area contributed by atoms with Gasteiger partial charge in [0, 0.05) is 37.6 Å². The van der Waals surface area contributed by atoms with Crippen LogP contribution in [0.2, 0.25) is 0 Å². The molecule has 4 aromatic rings. The van der Waals surface area contributed by atoms with Crippen LogP contribution in [0.5, 0.6) is 0 Å². The molecule has 3 N–H and O–H groups in total. The van der Waals surface area contributed by atoms with Gasteiger partial charge in [0.1, 0.15) is 5.69 Å². The summed E-state index contributed by atoms with van der Waals surface area (Å²) in [5.74, 6) is -0.953. The van der Waals surface area contributed by atoms with Crippen molar-refractivity contribution < 1.29 is 14.3 Å². The van der Waals surface area contributed by atoms with E-state index in [9.17, 15) is 14.3 Å². The van der Waals surface area contributed by atoms with E-state index in [-0.39, 0.29) is 11.3 Å². The van der Waals surface area contributed by atoms with Crippen molar-refractivity contribution in [3.8, 4) is 0 Å². The van der Waals surface area contributed by atoms with E-state index in [1.165, 1.54) is 6.07 Å². The number of nitrogens with one attached hydrogen (secondary N) is 2. The Balaban J connectivity index is 1.50. The first-order valence-electron chi connectivity index (χ1n) is 11.5. The number of hydrogen-bond acceptors (Lipinski definition) is 6. The number of aliphatic hydroxyl groups excluding tert-OH is 1. The molecule has 0 bridgehead atoms. The lowest BCUT2D eigenvalue weighted by atomic mass is 10.2.